The zero-order chi connectivity index (χ0) is 19.9. The first-order valence-electron chi connectivity index (χ1n) is 9.87. The van der Waals surface area contributed by atoms with Crippen molar-refractivity contribution < 1.29 is 18.7 Å². The number of amides is 2. The Morgan fingerprint density at radius 3 is 2.71 bits per heavy atom. The van der Waals surface area contributed by atoms with E-state index in [0.29, 0.717) is 31.7 Å². The summed E-state index contributed by atoms with van der Waals surface area (Å²) in [5.74, 6) is 1.24. The number of hydrogen-bond acceptors (Lipinski definition) is 4. The van der Waals surface area contributed by atoms with E-state index in [9.17, 15) is 9.59 Å². The maximum atomic E-state index is 13.0. The maximum absolute atomic E-state index is 13.0. The molecule has 1 saturated heterocycles. The molecule has 28 heavy (non-hydrogen) atoms. The van der Waals surface area contributed by atoms with Crippen LogP contribution in [0.1, 0.15) is 50.0 Å². The van der Waals surface area contributed by atoms with E-state index in [2.05, 4.69) is 12.2 Å². The number of rotatable bonds is 8. The van der Waals surface area contributed by atoms with Crippen molar-refractivity contribution in [1.82, 2.24) is 10.2 Å². The van der Waals surface area contributed by atoms with E-state index in [0.717, 1.165) is 24.2 Å². The molecule has 1 aliphatic heterocycles. The average Bonchev–Trinajstić information content (AvgIpc) is 3.24. The van der Waals surface area contributed by atoms with Crippen LogP contribution in [0.4, 0.5) is 0 Å². The second-order valence-corrected chi connectivity index (χ2v) is 7.10. The van der Waals surface area contributed by atoms with Gasteiger partial charge < -0.3 is 19.4 Å². The van der Waals surface area contributed by atoms with Crippen molar-refractivity contribution in [3.8, 4) is 5.75 Å². The van der Waals surface area contributed by atoms with Gasteiger partial charge in [-0.15, -0.1) is 0 Å². The third-order valence-electron chi connectivity index (χ3n) is 5.27. The van der Waals surface area contributed by atoms with Crippen LogP contribution in [0.3, 0.4) is 0 Å². The first-order chi connectivity index (χ1) is 13.6. The van der Waals surface area contributed by atoms with Gasteiger partial charge in [0.1, 0.15) is 11.5 Å². The van der Waals surface area contributed by atoms with Crippen molar-refractivity contribution >= 4 is 11.8 Å². The molecule has 6 heteroatoms. The van der Waals surface area contributed by atoms with Gasteiger partial charge in [0.2, 0.25) is 11.8 Å². The van der Waals surface area contributed by atoms with E-state index < -0.39 is 0 Å². The van der Waals surface area contributed by atoms with Crippen molar-refractivity contribution in [2.45, 2.75) is 45.2 Å². The highest BCUT2D eigenvalue weighted by Gasteiger charge is 2.40. The normalized spacial score (nSPS) is 19.5. The number of ether oxygens (including phenoxy) is 1. The summed E-state index contributed by atoms with van der Waals surface area (Å²) in [5, 5.41) is 2.97. The summed E-state index contributed by atoms with van der Waals surface area (Å²) in [5.41, 5.74) is 0.961. The summed E-state index contributed by atoms with van der Waals surface area (Å²) in [6, 6.07) is 11.0. The van der Waals surface area contributed by atoms with Gasteiger partial charge in [-0.2, -0.15) is 0 Å². The van der Waals surface area contributed by atoms with Gasteiger partial charge in [-0.05, 0) is 42.7 Å². The quantitative estimate of drug-likeness (QED) is 0.754. The molecule has 1 fully saturated rings. The van der Waals surface area contributed by atoms with Crippen molar-refractivity contribution in [3.63, 3.8) is 0 Å². The summed E-state index contributed by atoms with van der Waals surface area (Å²) < 4.78 is 10.6. The molecule has 1 N–H and O–H groups in total. The molecule has 0 unspecified atom stereocenters. The number of likely N-dealkylation sites (tertiary alicyclic amines) is 1. The molecule has 0 radical (unpaired) electrons. The Morgan fingerprint density at radius 1 is 1.29 bits per heavy atom. The number of methoxy groups -OCH3 is 1. The minimum atomic E-state index is -0.294. The zero-order valence-electron chi connectivity index (χ0n) is 16.5. The van der Waals surface area contributed by atoms with E-state index in [4.69, 9.17) is 9.15 Å². The Morgan fingerprint density at radius 2 is 2.07 bits per heavy atom. The van der Waals surface area contributed by atoms with Crippen molar-refractivity contribution in [1.29, 1.82) is 0 Å². The number of benzene rings is 1. The molecule has 2 heterocycles. The number of furan rings is 1. The minimum Gasteiger partial charge on any atom is -0.497 e. The van der Waals surface area contributed by atoms with Crippen LogP contribution < -0.4 is 10.1 Å². The van der Waals surface area contributed by atoms with E-state index in [1.807, 2.05) is 35.2 Å². The summed E-state index contributed by atoms with van der Waals surface area (Å²) in [6.07, 6.45) is 4.44. The number of nitrogens with one attached hydrogen (secondary N) is 1. The monoisotopic (exact) mass is 384 g/mol. The van der Waals surface area contributed by atoms with Gasteiger partial charge in [-0.25, -0.2) is 0 Å². The second kappa shape index (κ2) is 9.44. The Labute approximate surface area is 165 Å². The van der Waals surface area contributed by atoms with Crippen LogP contribution >= 0.6 is 0 Å². The van der Waals surface area contributed by atoms with Crippen molar-refractivity contribution in [2.24, 2.45) is 5.92 Å². The molecule has 2 amide bonds. The molecule has 150 valence electrons. The Bertz CT molecular complexity index is 770. The molecule has 2 atom stereocenters. The van der Waals surface area contributed by atoms with E-state index in [1.165, 1.54) is 0 Å². The largest absolute Gasteiger partial charge is 0.497 e. The molecule has 1 aliphatic rings. The smallest absolute Gasteiger partial charge is 0.225 e. The van der Waals surface area contributed by atoms with Gasteiger partial charge in [-0.1, -0.05) is 25.5 Å². The van der Waals surface area contributed by atoms with Crippen LogP contribution in [0.15, 0.2) is 47.1 Å². The highest BCUT2D eigenvalue weighted by molar-refractivity contribution is 5.85. The summed E-state index contributed by atoms with van der Waals surface area (Å²) in [4.78, 5) is 27.6. The van der Waals surface area contributed by atoms with Crippen LogP contribution in [0.25, 0.3) is 0 Å². The van der Waals surface area contributed by atoms with Crippen LogP contribution in [0.2, 0.25) is 0 Å². The SMILES string of the molecule is CCCCN1C(=O)CC[C@@H](C(=O)NCc2ccco2)[C@@H]1c1ccc(OC)cc1. The molecule has 1 aromatic heterocycles. The Hall–Kier alpha value is -2.76. The standard InChI is InChI=1S/C22H28N2O4/c1-3-4-13-24-20(25)12-11-19(22(26)23-15-18-6-5-14-28-18)21(24)16-7-9-17(27-2)10-8-16/h5-10,14,19,21H,3-4,11-13,15H2,1-2H3,(H,23,26)/t19-,21+/m1/s1. The topological polar surface area (TPSA) is 71.8 Å². The minimum absolute atomic E-state index is 0.0498. The molecular weight excluding hydrogens is 356 g/mol. The fraction of sp³-hybridized carbons (Fsp3) is 0.455. The molecule has 1 aromatic carbocycles. The van der Waals surface area contributed by atoms with Crippen LogP contribution in [0, 0.1) is 5.92 Å². The van der Waals surface area contributed by atoms with Gasteiger partial charge in [0.15, 0.2) is 0 Å². The number of hydrogen-bond donors (Lipinski definition) is 1. The number of piperidine rings is 1. The fourth-order valence-electron chi connectivity index (χ4n) is 3.75. The predicted octanol–water partition coefficient (Wildman–Crippen LogP) is 3.68. The first-order valence-corrected chi connectivity index (χ1v) is 9.87. The predicted molar refractivity (Wildman–Crippen MR) is 106 cm³/mol. The molecule has 2 aromatic rings. The van der Waals surface area contributed by atoms with Gasteiger partial charge in [0.05, 0.1) is 31.9 Å². The van der Waals surface area contributed by atoms with Gasteiger partial charge in [0, 0.05) is 13.0 Å². The highest BCUT2D eigenvalue weighted by atomic mass is 16.5. The second-order valence-electron chi connectivity index (χ2n) is 7.10. The average molecular weight is 384 g/mol. The van der Waals surface area contributed by atoms with Gasteiger partial charge in [-0.3, -0.25) is 9.59 Å². The Kier molecular flexibility index (Phi) is 6.74. The lowest BCUT2D eigenvalue weighted by atomic mass is 9.83. The van der Waals surface area contributed by atoms with Gasteiger partial charge >= 0.3 is 0 Å². The fourth-order valence-corrected chi connectivity index (χ4v) is 3.75. The summed E-state index contributed by atoms with van der Waals surface area (Å²) in [7, 11) is 1.62. The summed E-state index contributed by atoms with van der Waals surface area (Å²) in [6.45, 7) is 3.11. The lowest BCUT2D eigenvalue weighted by molar-refractivity contribution is -0.143. The van der Waals surface area contributed by atoms with Crippen molar-refractivity contribution in [3.05, 3.63) is 54.0 Å². The molecule has 0 saturated carbocycles. The van der Waals surface area contributed by atoms with Crippen LogP contribution in [0.5, 0.6) is 5.75 Å². The number of carbonyl (C=O) groups excluding carboxylic acids is 2. The third-order valence-corrected chi connectivity index (χ3v) is 5.27. The third kappa shape index (κ3) is 4.55. The summed E-state index contributed by atoms with van der Waals surface area (Å²) >= 11 is 0. The van der Waals surface area contributed by atoms with E-state index in [1.54, 1.807) is 19.4 Å². The highest BCUT2D eigenvalue weighted by Crippen LogP contribution is 2.37. The number of nitrogens with zero attached hydrogens (tertiary/aromatic N) is 1. The van der Waals surface area contributed by atoms with E-state index in [-0.39, 0.29) is 23.8 Å². The zero-order valence-corrected chi connectivity index (χ0v) is 16.5. The van der Waals surface area contributed by atoms with E-state index >= 15 is 0 Å². The molecule has 0 bridgehead atoms. The van der Waals surface area contributed by atoms with Crippen LogP contribution in [-0.4, -0.2) is 30.4 Å². The molecule has 6 nitrogen and oxygen atoms in total. The molecule has 0 spiro atoms. The van der Waals surface area contributed by atoms with Crippen molar-refractivity contribution in [2.75, 3.05) is 13.7 Å². The molecule has 0 aliphatic carbocycles. The maximum Gasteiger partial charge on any atom is 0.225 e. The Balaban J connectivity index is 1.83. The first kappa shape index (κ1) is 20.0. The lowest BCUT2D eigenvalue weighted by Gasteiger charge is -2.41. The lowest BCUT2D eigenvalue weighted by Crippen LogP contribution is -2.48. The number of carbonyl (C=O) groups is 2. The molecule has 3 rings (SSSR count). The van der Waals surface area contributed by atoms with Gasteiger partial charge in [0.25, 0.3) is 0 Å². The van der Waals surface area contributed by atoms with Crippen LogP contribution in [-0.2, 0) is 16.1 Å². The molecular formula is C22H28N2O4. The number of unbranched alkanes of at least 4 members (excludes halogenated alkanes) is 1.